The van der Waals surface area contributed by atoms with E-state index >= 15 is 0 Å². The Bertz CT molecular complexity index is 474. The van der Waals surface area contributed by atoms with E-state index in [1.54, 1.807) is 7.11 Å². The topological polar surface area (TPSA) is 41.5 Å². The molecule has 2 aliphatic rings. The van der Waals surface area contributed by atoms with Gasteiger partial charge >= 0.3 is 0 Å². The Hall–Kier alpha value is -1.06. The molecule has 1 fully saturated rings. The lowest BCUT2D eigenvalue weighted by molar-refractivity contribution is 0.0677. The van der Waals surface area contributed by atoms with Crippen molar-refractivity contribution in [2.45, 2.75) is 57.1 Å². The van der Waals surface area contributed by atoms with E-state index in [1.807, 2.05) is 0 Å². The van der Waals surface area contributed by atoms with Gasteiger partial charge in [-0.15, -0.1) is 0 Å². The summed E-state index contributed by atoms with van der Waals surface area (Å²) in [5.74, 6) is 1.37. The first-order valence-corrected chi connectivity index (χ1v) is 8.36. The van der Waals surface area contributed by atoms with E-state index in [4.69, 9.17) is 4.74 Å². The molecule has 0 aromatic heterocycles. The number of hydrogen-bond acceptors (Lipinski definition) is 3. The fourth-order valence-electron chi connectivity index (χ4n) is 3.84. The van der Waals surface area contributed by atoms with Crippen LogP contribution in [0.15, 0.2) is 18.2 Å². The molecule has 116 valence electrons. The SMILES string of the molecule is COc1ccc2c(c1)C(NCC1CCCCC1O)CCC2. The third-order valence-corrected chi connectivity index (χ3v) is 5.16. The van der Waals surface area contributed by atoms with Crippen LogP contribution in [0.2, 0.25) is 0 Å². The molecule has 3 rings (SSSR count). The summed E-state index contributed by atoms with van der Waals surface area (Å²) >= 11 is 0. The zero-order valence-electron chi connectivity index (χ0n) is 13.0. The molecule has 21 heavy (non-hydrogen) atoms. The normalized spacial score (nSPS) is 29.0. The number of hydrogen-bond donors (Lipinski definition) is 2. The lowest BCUT2D eigenvalue weighted by Gasteiger charge is -2.32. The minimum absolute atomic E-state index is 0.111. The van der Waals surface area contributed by atoms with Crippen molar-refractivity contribution in [3.63, 3.8) is 0 Å². The number of aryl methyl sites for hydroxylation is 1. The minimum Gasteiger partial charge on any atom is -0.497 e. The maximum atomic E-state index is 10.1. The van der Waals surface area contributed by atoms with Gasteiger partial charge in [-0.25, -0.2) is 0 Å². The number of fused-ring (bicyclic) bond motifs is 1. The van der Waals surface area contributed by atoms with E-state index in [-0.39, 0.29) is 6.10 Å². The lowest BCUT2D eigenvalue weighted by atomic mass is 9.84. The monoisotopic (exact) mass is 289 g/mol. The Balaban J connectivity index is 1.67. The van der Waals surface area contributed by atoms with Gasteiger partial charge in [0.2, 0.25) is 0 Å². The second-order valence-electron chi connectivity index (χ2n) is 6.53. The second kappa shape index (κ2) is 6.80. The largest absolute Gasteiger partial charge is 0.497 e. The molecule has 1 aromatic rings. The van der Waals surface area contributed by atoms with Crippen LogP contribution in [0, 0.1) is 5.92 Å². The Morgan fingerprint density at radius 3 is 2.86 bits per heavy atom. The second-order valence-corrected chi connectivity index (χ2v) is 6.53. The third kappa shape index (κ3) is 3.41. The van der Waals surface area contributed by atoms with Gasteiger partial charge in [0.1, 0.15) is 5.75 Å². The highest BCUT2D eigenvalue weighted by atomic mass is 16.5. The molecule has 3 unspecified atom stereocenters. The van der Waals surface area contributed by atoms with E-state index in [0.29, 0.717) is 12.0 Å². The fourth-order valence-corrected chi connectivity index (χ4v) is 3.84. The summed E-state index contributed by atoms with van der Waals surface area (Å²) in [7, 11) is 1.73. The van der Waals surface area contributed by atoms with Crippen molar-refractivity contribution in [3.8, 4) is 5.75 Å². The Morgan fingerprint density at radius 2 is 2.05 bits per heavy atom. The average Bonchev–Trinajstić information content (AvgIpc) is 2.53. The molecule has 0 saturated heterocycles. The van der Waals surface area contributed by atoms with Crippen molar-refractivity contribution < 1.29 is 9.84 Å². The molecule has 3 heteroatoms. The molecule has 0 radical (unpaired) electrons. The van der Waals surface area contributed by atoms with E-state index in [0.717, 1.165) is 25.1 Å². The first-order valence-electron chi connectivity index (χ1n) is 8.36. The fraction of sp³-hybridized carbons (Fsp3) is 0.667. The van der Waals surface area contributed by atoms with Crippen molar-refractivity contribution in [1.29, 1.82) is 0 Å². The van der Waals surface area contributed by atoms with Gasteiger partial charge in [0.05, 0.1) is 13.2 Å². The van der Waals surface area contributed by atoms with Gasteiger partial charge in [0.25, 0.3) is 0 Å². The summed E-state index contributed by atoms with van der Waals surface area (Å²) in [5.41, 5.74) is 2.84. The van der Waals surface area contributed by atoms with E-state index in [1.165, 1.54) is 43.2 Å². The summed E-state index contributed by atoms with van der Waals surface area (Å²) in [4.78, 5) is 0. The van der Waals surface area contributed by atoms with Crippen LogP contribution in [0.25, 0.3) is 0 Å². The summed E-state index contributed by atoms with van der Waals surface area (Å²) in [5, 5.41) is 13.8. The number of aliphatic hydroxyl groups excluding tert-OH is 1. The molecule has 0 spiro atoms. The maximum Gasteiger partial charge on any atom is 0.119 e. The van der Waals surface area contributed by atoms with Gasteiger partial charge in [-0.1, -0.05) is 18.9 Å². The van der Waals surface area contributed by atoms with Gasteiger partial charge in [-0.2, -0.15) is 0 Å². The van der Waals surface area contributed by atoms with Crippen LogP contribution in [0.3, 0.4) is 0 Å². The molecule has 0 amide bonds. The number of rotatable bonds is 4. The maximum absolute atomic E-state index is 10.1. The predicted octanol–water partition coefficient (Wildman–Crippen LogP) is 3.21. The van der Waals surface area contributed by atoms with E-state index in [2.05, 4.69) is 23.5 Å². The molecule has 0 heterocycles. The zero-order chi connectivity index (χ0) is 14.7. The number of methoxy groups -OCH3 is 1. The third-order valence-electron chi connectivity index (χ3n) is 5.16. The van der Waals surface area contributed by atoms with Crippen LogP contribution in [-0.2, 0) is 6.42 Å². The molecule has 1 saturated carbocycles. The molecule has 2 aliphatic carbocycles. The van der Waals surface area contributed by atoms with Gasteiger partial charge in [0, 0.05) is 12.6 Å². The molecule has 0 bridgehead atoms. The Morgan fingerprint density at radius 1 is 1.19 bits per heavy atom. The van der Waals surface area contributed by atoms with Crippen molar-refractivity contribution >= 4 is 0 Å². The van der Waals surface area contributed by atoms with Gasteiger partial charge < -0.3 is 15.2 Å². The van der Waals surface area contributed by atoms with E-state index in [9.17, 15) is 5.11 Å². The first-order chi connectivity index (χ1) is 10.3. The number of aliphatic hydroxyl groups is 1. The van der Waals surface area contributed by atoms with Crippen LogP contribution in [0.4, 0.5) is 0 Å². The Labute approximate surface area is 127 Å². The smallest absolute Gasteiger partial charge is 0.119 e. The van der Waals surface area contributed by atoms with Gasteiger partial charge in [-0.05, 0) is 61.3 Å². The van der Waals surface area contributed by atoms with Crippen LogP contribution >= 0.6 is 0 Å². The van der Waals surface area contributed by atoms with Crippen molar-refractivity contribution in [1.82, 2.24) is 5.32 Å². The predicted molar refractivity (Wildman–Crippen MR) is 84.6 cm³/mol. The van der Waals surface area contributed by atoms with Crippen molar-refractivity contribution in [2.75, 3.05) is 13.7 Å². The van der Waals surface area contributed by atoms with E-state index < -0.39 is 0 Å². The standard InChI is InChI=1S/C18H27NO2/c1-21-15-10-9-13-6-4-7-17(16(13)11-15)19-12-14-5-2-3-8-18(14)20/h9-11,14,17-20H,2-8,12H2,1H3. The summed E-state index contributed by atoms with van der Waals surface area (Å²) in [6, 6.07) is 6.87. The lowest BCUT2D eigenvalue weighted by Crippen LogP contribution is -2.36. The summed E-state index contributed by atoms with van der Waals surface area (Å²) in [6.07, 6.45) is 8.06. The molecule has 3 nitrogen and oxygen atoms in total. The minimum atomic E-state index is -0.111. The summed E-state index contributed by atoms with van der Waals surface area (Å²) in [6.45, 7) is 0.933. The highest BCUT2D eigenvalue weighted by Crippen LogP contribution is 2.33. The van der Waals surface area contributed by atoms with Crippen LogP contribution in [0.5, 0.6) is 5.75 Å². The quantitative estimate of drug-likeness (QED) is 0.894. The number of ether oxygens (including phenoxy) is 1. The Kier molecular flexibility index (Phi) is 4.81. The van der Waals surface area contributed by atoms with Crippen LogP contribution in [0.1, 0.15) is 55.7 Å². The number of benzene rings is 1. The van der Waals surface area contributed by atoms with Crippen molar-refractivity contribution in [3.05, 3.63) is 29.3 Å². The summed E-state index contributed by atoms with van der Waals surface area (Å²) < 4.78 is 5.37. The highest BCUT2D eigenvalue weighted by Gasteiger charge is 2.26. The van der Waals surface area contributed by atoms with Gasteiger partial charge in [-0.3, -0.25) is 0 Å². The molecule has 0 aliphatic heterocycles. The van der Waals surface area contributed by atoms with Crippen LogP contribution in [-0.4, -0.2) is 24.9 Å². The van der Waals surface area contributed by atoms with Gasteiger partial charge in [0.15, 0.2) is 0 Å². The first kappa shape index (κ1) is 14.9. The molecular formula is C18H27NO2. The number of nitrogens with one attached hydrogen (secondary N) is 1. The zero-order valence-corrected chi connectivity index (χ0v) is 13.0. The molecule has 1 aromatic carbocycles. The van der Waals surface area contributed by atoms with Crippen molar-refractivity contribution in [2.24, 2.45) is 5.92 Å². The molecule has 3 atom stereocenters. The average molecular weight is 289 g/mol. The molecular weight excluding hydrogens is 262 g/mol. The van der Waals surface area contributed by atoms with Crippen LogP contribution < -0.4 is 10.1 Å². The highest BCUT2D eigenvalue weighted by molar-refractivity contribution is 5.39. The molecule has 2 N–H and O–H groups in total.